The van der Waals surface area contributed by atoms with Gasteiger partial charge in [-0.05, 0) is 25.0 Å². The highest BCUT2D eigenvalue weighted by Crippen LogP contribution is 2.29. The molecule has 0 heterocycles. The van der Waals surface area contributed by atoms with Crippen LogP contribution in [-0.4, -0.2) is 60.6 Å². The molecule has 1 fully saturated rings. The molecule has 1 unspecified atom stereocenters. The van der Waals surface area contributed by atoms with E-state index < -0.39 is 24.2 Å². The minimum atomic E-state index is -0.886. The lowest BCUT2D eigenvalue weighted by Crippen LogP contribution is -2.34. The van der Waals surface area contributed by atoms with Gasteiger partial charge in [-0.1, -0.05) is 30.4 Å². The molecule has 0 bridgehead atoms. The zero-order valence-corrected chi connectivity index (χ0v) is 16.0. The third-order valence-electron chi connectivity index (χ3n) is 4.57. The molecule has 28 heavy (non-hydrogen) atoms. The van der Waals surface area contributed by atoms with E-state index in [9.17, 15) is 19.8 Å². The van der Waals surface area contributed by atoms with E-state index in [0.717, 1.165) is 0 Å². The van der Waals surface area contributed by atoms with Crippen LogP contribution in [0.2, 0.25) is 0 Å². The second kappa shape index (κ2) is 11.6. The smallest absolute Gasteiger partial charge is 0.305 e. The van der Waals surface area contributed by atoms with E-state index >= 15 is 0 Å². The van der Waals surface area contributed by atoms with Gasteiger partial charge in [0, 0.05) is 18.8 Å². The van der Waals surface area contributed by atoms with Crippen molar-refractivity contribution in [3.05, 3.63) is 42.5 Å². The van der Waals surface area contributed by atoms with Crippen molar-refractivity contribution < 1.29 is 34.0 Å². The van der Waals surface area contributed by atoms with Crippen LogP contribution >= 0.6 is 0 Å². The largest absolute Gasteiger partial charge is 0.491 e. The first-order valence-electron chi connectivity index (χ1n) is 9.41. The van der Waals surface area contributed by atoms with Gasteiger partial charge in [-0.15, -0.1) is 0 Å². The summed E-state index contributed by atoms with van der Waals surface area (Å²) in [5, 5.41) is 20.2. The zero-order chi connectivity index (χ0) is 20.4. The molecule has 0 radical (unpaired) electrons. The van der Waals surface area contributed by atoms with Gasteiger partial charge in [-0.3, -0.25) is 9.59 Å². The number of ether oxygens (including phenoxy) is 3. The molecular formula is C21H28O7. The molecule has 2 rings (SSSR count). The van der Waals surface area contributed by atoms with Gasteiger partial charge in [-0.25, -0.2) is 0 Å². The Labute approximate surface area is 164 Å². The molecule has 1 saturated carbocycles. The first kappa shape index (κ1) is 22.1. The summed E-state index contributed by atoms with van der Waals surface area (Å²) in [5.41, 5.74) is 0. The maximum atomic E-state index is 12.1. The highest BCUT2D eigenvalue weighted by atomic mass is 16.5. The van der Waals surface area contributed by atoms with Crippen LogP contribution in [0.25, 0.3) is 0 Å². The number of aliphatic hydroxyl groups excluding tert-OH is 2. The third-order valence-corrected chi connectivity index (χ3v) is 4.57. The van der Waals surface area contributed by atoms with Crippen LogP contribution in [0, 0.1) is 5.92 Å². The third kappa shape index (κ3) is 7.07. The predicted molar refractivity (Wildman–Crippen MR) is 102 cm³/mol. The fourth-order valence-electron chi connectivity index (χ4n) is 3.06. The number of hydrogen-bond donors (Lipinski definition) is 2. The topological polar surface area (TPSA) is 102 Å². The summed E-state index contributed by atoms with van der Waals surface area (Å²) >= 11 is 0. The fourth-order valence-corrected chi connectivity index (χ4v) is 3.06. The molecule has 0 aliphatic heterocycles. The van der Waals surface area contributed by atoms with Crippen molar-refractivity contribution in [1.29, 1.82) is 0 Å². The van der Waals surface area contributed by atoms with E-state index in [0.29, 0.717) is 18.6 Å². The molecule has 2 N–H and O–H groups in total. The number of rotatable bonds is 11. The number of methoxy groups -OCH3 is 1. The molecule has 1 aromatic carbocycles. The maximum absolute atomic E-state index is 12.1. The molecule has 7 heteroatoms. The van der Waals surface area contributed by atoms with Gasteiger partial charge in [0.15, 0.2) is 0 Å². The Balaban J connectivity index is 1.76. The van der Waals surface area contributed by atoms with Gasteiger partial charge >= 0.3 is 5.97 Å². The first-order valence-corrected chi connectivity index (χ1v) is 9.41. The molecule has 1 aromatic rings. The van der Waals surface area contributed by atoms with Crippen LogP contribution in [0.3, 0.4) is 0 Å². The Bertz CT molecular complexity index is 643. The van der Waals surface area contributed by atoms with Gasteiger partial charge < -0.3 is 24.4 Å². The number of hydrogen-bond acceptors (Lipinski definition) is 7. The number of carbonyl (C=O) groups excluding carboxylic acids is 2. The predicted octanol–water partition coefficient (Wildman–Crippen LogP) is 1.66. The quantitative estimate of drug-likeness (QED) is 0.436. The minimum absolute atomic E-state index is 0.0373. The van der Waals surface area contributed by atoms with Gasteiger partial charge in [0.25, 0.3) is 0 Å². The van der Waals surface area contributed by atoms with E-state index in [2.05, 4.69) is 4.74 Å². The summed E-state index contributed by atoms with van der Waals surface area (Å²) in [7, 11) is 1.34. The Morgan fingerprint density at radius 3 is 2.71 bits per heavy atom. The number of allylic oxidation sites excluding steroid dienone is 2. The van der Waals surface area contributed by atoms with E-state index in [1.54, 1.807) is 12.1 Å². The van der Waals surface area contributed by atoms with E-state index in [4.69, 9.17) is 9.47 Å². The highest BCUT2D eigenvalue weighted by molar-refractivity contribution is 5.85. The Hall–Kier alpha value is -2.22. The number of para-hydroxylation sites is 1. The first-order chi connectivity index (χ1) is 13.5. The van der Waals surface area contributed by atoms with E-state index in [1.807, 2.05) is 30.4 Å². The molecule has 4 atom stereocenters. The molecule has 0 amide bonds. The molecule has 154 valence electrons. The van der Waals surface area contributed by atoms with Crippen LogP contribution in [-0.2, 0) is 19.1 Å². The van der Waals surface area contributed by atoms with Crippen molar-refractivity contribution in [3.63, 3.8) is 0 Å². The lowest BCUT2D eigenvalue weighted by atomic mass is 9.99. The minimum Gasteiger partial charge on any atom is -0.491 e. The second-order valence-electron chi connectivity index (χ2n) is 6.74. The Kier molecular flexibility index (Phi) is 9.13. The molecule has 1 aliphatic carbocycles. The summed E-state index contributed by atoms with van der Waals surface area (Å²) < 4.78 is 15.7. The Morgan fingerprint density at radius 2 is 2.00 bits per heavy atom. The average Bonchev–Trinajstić information content (AvgIpc) is 2.97. The molecule has 7 nitrogen and oxygen atoms in total. The van der Waals surface area contributed by atoms with E-state index in [-0.39, 0.29) is 37.8 Å². The van der Waals surface area contributed by atoms with Crippen molar-refractivity contribution in [3.8, 4) is 5.75 Å². The summed E-state index contributed by atoms with van der Waals surface area (Å²) in [6, 6.07) is 9.12. The Morgan fingerprint density at radius 1 is 1.25 bits per heavy atom. The number of ketones is 1. The van der Waals surface area contributed by atoms with Gasteiger partial charge in [0.1, 0.15) is 24.2 Å². The number of aliphatic hydroxyl groups is 2. The molecule has 0 saturated heterocycles. The monoisotopic (exact) mass is 392 g/mol. The van der Waals surface area contributed by atoms with Crippen LogP contribution in [0.4, 0.5) is 0 Å². The standard InChI is InChI=1S/C21H28O7/c1-26-20(25)11-7-3-6-10-17-18(23)12-19(24)21(17)28-14-15(22)13-27-16-8-4-2-5-9-16/h2-6,8-9,15,17,19,21-22,24H,7,10-14H2,1H3/t15?,17-,19+,21+/m0/s1. The zero-order valence-electron chi connectivity index (χ0n) is 16.0. The maximum Gasteiger partial charge on any atom is 0.305 e. The van der Waals surface area contributed by atoms with Gasteiger partial charge in [0.05, 0.1) is 25.9 Å². The lowest BCUT2D eigenvalue weighted by molar-refractivity contribution is -0.140. The second-order valence-corrected chi connectivity index (χ2v) is 6.74. The van der Waals surface area contributed by atoms with Crippen molar-refractivity contribution in [1.82, 2.24) is 0 Å². The highest BCUT2D eigenvalue weighted by Gasteiger charge is 2.41. The van der Waals surface area contributed by atoms with Crippen LogP contribution in [0.5, 0.6) is 5.75 Å². The van der Waals surface area contributed by atoms with Crippen LogP contribution < -0.4 is 4.74 Å². The number of esters is 1. The lowest BCUT2D eigenvalue weighted by Gasteiger charge is -2.22. The van der Waals surface area contributed by atoms with Crippen molar-refractivity contribution in [2.75, 3.05) is 20.3 Å². The number of benzene rings is 1. The summed E-state index contributed by atoms with van der Waals surface area (Å²) in [4.78, 5) is 23.2. The SMILES string of the molecule is COC(=O)CCC=CC[C@H]1C(=O)C[C@@H](O)[C@@H]1OCC(O)COc1ccccc1. The fraction of sp³-hybridized carbons (Fsp3) is 0.524. The van der Waals surface area contributed by atoms with Crippen molar-refractivity contribution >= 4 is 11.8 Å². The van der Waals surface area contributed by atoms with Crippen molar-refractivity contribution in [2.24, 2.45) is 5.92 Å². The number of Topliss-reactive ketones (excluding diaryl/α,β-unsaturated/α-hetero) is 1. The van der Waals surface area contributed by atoms with E-state index in [1.165, 1.54) is 7.11 Å². The normalized spacial score (nSPS) is 23.1. The molecule has 0 spiro atoms. The summed E-state index contributed by atoms with van der Waals surface area (Å²) in [6.07, 6.45) is 2.47. The molecular weight excluding hydrogens is 364 g/mol. The van der Waals surface area contributed by atoms with Crippen LogP contribution in [0.1, 0.15) is 25.7 Å². The average molecular weight is 392 g/mol. The summed E-state index contributed by atoms with van der Waals surface area (Å²) in [6.45, 7) is 0.0171. The van der Waals surface area contributed by atoms with Gasteiger partial charge in [-0.2, -0.15) is 0 Å². The summed E-state index contributed by atoms with van der Waals surface area (Å²) in [5.74, 6) is -0.172. The molecule has 1 aliphatic rings. The number of carbonyl (C=O) groups is 2. The molecule has 0 aromatic heterocycles. The van der Waals surface area contributed by atoms with Gasteiger partial charge in [0.2, 0.25) is 0 Å². The van der Waals surface area contributed by atoms with Crippen molar-refractivity contribution in [2.45, 2.75) is 44.0 Å². The van der Waals surface area contributed by atoms with Crippen LogP contribution in [0.15, 0.2) is 42.5 Å².